The van der Waals surface area contributed by atoms with Crippen molar-refractivity contribution in [3.8, 4) is 11.1 Å². The van der Waals surface area contributed by atoms with Crippen LogP contribution in [0.1, 0.15) is 102 Å². The summed E-state index contributed by atoms with van der Waals surface area (Å²) in [6.45, 7) is 8.31. The van der Waals surface area contributed by atoms with Crippen molar-refractivity contribution in [2.45, 2.75) is 65.8 Å². The third-order valence-electron chi connectivity index (χ3n) is 6.46. The standard InChI is InChI=1S/C30H32N4O4/c1-5-9-23(35)25-27-28(26(33-32-25)24(36)10-6-2)34(29(31-27)18(3)4)17-19-13-15-20(16-14-19)21-11-7-8-12-22(21)30(37)38/h7-8,11-16,18H,5-6,9-10,17H2,1-4H3,(H,37,38). The topological polar surface area (TPSA) is 115 Å². The van der Waals surface area contributed by atoms with Gasteiger partial charge in [0.1, 0.15) is 16.9 Å². The number of fused-ring (bicyclic) bond motifs is 1. The van der Waals surface area contributed by atoms with Crippen LogP contribution in [-0.4, -0.2) is 42.4 Å². The molecule has 0 spiro atoms. The molecule has 0 radical (unpaired) electrons. The van der Waals surface area contributed by atoms with E-state index in [1.807, 2.05) is 62.6 Å². The maximum atomic E-state index is 13.1. The smallest absolute Gasteiger partial charge is 0.336 e. The zero-order chi connectivity index (χ0) is 27.4. The fourth-order valence-electron chi connectivity index (χ4n) is 4.63. The highest BCUT2D eigenvalue weighted by atomic mass is 16.4. The first-order valence-electron chi connectivity index (χ1n) is 13.0. The fourth-order valence-corrected chi connectivity index (χ4v) is 4.63. The molecule has 38 heavy (non-hydrogen) atoms. The molecule has 196 valence electrons. The molecule has 1 N–H and O–H groups in total. The van der Waals surface area contributed by atoms with Crippen LogP contribution < -0.4 is 0 Å². The van der Waals surface area contributed by atoms with E-state index in [-0.39, 0.29) is 34.4 Å². The summed E-state index contributed by atoms with van der Waals surface area (Å²) in [5.41, 5.74) is 4.03. The van der Waals surface area contributed by atoms with E-state index in [9.17, 15) is 19.5 Å². The highest BCUT2D eigenvalue weighted by molar-refractivity contribution is 6.10. The van der Waals surface area contributed by atoms with Crippen molar-refractivity contribution in [2.24, 2.45) is 0 Å². The van der Waals surface area contributed by atoms with E-state index in [1.54, 1.807) is 18.2 Å². The van der Waals surface area contributed by atoms with Gasteiger partial charge in [0.2, 0.25) is 0 Å². The van der Waals surface area contributed by atoms with Crippen molar-refractivity contribution in [1.29, 1.82) is 0 Å². The lowest BCUT2D eigenvalue weighted by Gasteiger charge is -2.14. The quantitative estimate of drug-likeness (QED) is 0.234. The van der Waals surface area contributed by atoms with Crippen molar-refractivity contribution >= 4 is 28.6 Å². The zero-order valence-electron chi connectivity index (χ0n) is 22.2. The largest absolute Gasteiger partial charge is 0.478 e. The van der Waals surface area contributed by atoms with Crippen LogP contribution in [0, 0.1) is 0 Å². The fraction of sp³-hybridized carbons (Fsp3) is 0.333. The molecule has 0 aliphatic heterocycles. The van der Waals surface area contributed by atoms with E-state index in [0.717, 1.165) is 17.0 Å². The Kier molecular flexibility index (Phi) is 8.10. The summed E-state index contributed by atoms with van der Waals surface area (Å²) in [6.07, 6.45) is 2.00. The first kappa shape index (κ1) is 26.9. The van der Waals surface area contributed by atoms with Gasteiger partial charge in [-0.1, -0.05) is 70.2 Å². The Hall–Kier alpha value is -4.20. The Morgan fingerprint density at radius 2 is 1.47 bits per heavy atom. The molecule has 0 aliphatic carbocycles. The van der Waals surface area contributed by atoms with Crippen molar-refractivity contribution < 1.29 is 19.5 Å². The van der Waals surface area contributed by atoms with Crippen LogP contribution in [0.25, 0.3) is 22.2 Å². The molecule has 0 bridgehead atoms. The van der Waals surface area contributed by atoms with Gasteiger partial charge in [0.15, 0.2) is 23.0 Å². The van der Waals surface area contributed by atoms with Gasteiger partial charge in [0.05, 0.1) is 5.56 Å². The van der Waals surface area contributed by atoms with Crippen molar-refractivity contribution in [3.05, 3.63) is 76.9 Å². The van der Waals surface area contributed by atoms with Crippen molar-refractivity contribution in [2.75, 3.05) is 0 Å². The number of carboxylic acid groups (broad SMARTS) is 1. The molecule has 2 aromatic heterocycles. The average Bonchev–Trinajstić information content (AvgIpc) is 3.28. The molecular formula is C30H32N4O4. The van der Waals surface area contributed by atoms with Crippen LogP contribution in [0.15, 0.2) is 48.5 Å². The molecule has 4 rings (SSSR count). The number of imidazole rings is 1. The summed E-state index contributed by atoms with van der Waals surface area (Å²) in [7, 11) is 0. The number of hydrogen-bond acceptors (Lipinski definition) is 6. The zero-order valence-corrected chi connectivity index (χ0v) is 22.2. The molecule has 0 fully saturated rings. The predicted octanol–water partition coefficient (Wildman–Crippen LogP) is 6.33. The maximum Gasteiger partial charge on any atom is 0.336 e. The summed E-state index contributed by atoms with van der Waals surface area (Å²) in [6, 6.07) is 14.6. The molecule has 0 amide bonds. The third kappa shape index (κ3) is 5.25. The van der Waals surface area contributed by atoms with Crippen LogP contribution in [0.4, 0.5) is 0 Å². The Bertz CT molecular complexity index is 1500. The SMILES string of the molecule is CCCC(=O)c1nnc(C(=O)CCC)c2c1nc(C(C)C)n2Cc1ccc(-c2ccccc2C(=O)O)cc1. The lowest BCUT2D eigenvalue weighted by Crippen LogP contribution is -2.13. The maximum absolute atomic E-state index is 13.1. The van der Waals surface area contributed by atoms with Gasteiger partial charge in [-0.05, 0) is 35.6 Å². The number of Topliss-reactive ketones (excluding diaryl/α,β-unsaturated/α-hetero) is 2. The van der Waals surface area contributed by atoms with Gasteiger partial charge in [-0.25, -0.2) is 9.78 Å². The van der Waals surface area contributed by atoms with E-state index < -0.39 is 5.97 Å². The molecule has 4 aromatic rings. The minimum absolute atomic E-state index is 0.0207. The highest BCUT2D eigenvalue weighted by Crippen LogP contribution is 2.29. The number of carbonyl (C=O) groups is 3. The average molecular weight is 513 g/mol. The summed E-state index contributed by atoms with van der Waals surface area (Å²) < 4.78 is 1.97. The minimum Gasteiger partial charge on any atom is -0.478 e. The van der Waals surface area contributed by atoms with Crippen molar-refractivity contribution in [3.63, 3.8) is 0 Å². The normalized spacial score (nSPS) is 11.3. The number of hydrogen-bond donors (Lipinski definition) is 1. The van der Waals surface area contributed by atoms with Crippen LogP contribution in [0.2, 0.25) is 0 Å². The third-order valence-corrected chi connectivity index (χ3v) is 6.46. The van der Waals surface area contributed by atoms with Crippen LogP contribution in [-0.2, 0) is 6.54 Å². The number of carbonyl (C=O) groups excluding carboxylic acids is 2. The molecule has 0 atom stereocenters. The van der Waals surface area contributed by atoms with Crippen LogP contribution in [0.3, 0.4) is 0 Å². The van der Waals surface area contributed by atoms with E-state index in [0.29, 0.717) is 48.8 Å². The van der Waals surface area contributed by atoms with Crippen molar-refractivity contribution in [1.82, 2.24) is 19.7 Å². The van der Waals surface area contributed by atoms with Gasteiger partial charge in [0.25, 0.3) is 0 Å². The highest BCUT2D eigenvalue weighted by Gasteiger charge is 2.26. The molecular weight excluding hydrogens is 480 g/mol. The lowest BCUT2D eigenvalue weighted by atomic mass is 9.98. The van der Waals surface area contributed by atoms with Crippen LogP contribution >= 0.6 is 0 Å². The minimum atomic E-state index is -0.977. The molecule has 0 aliphatic rings. The molecule has 2 aromatic carbocycles. The number of benzene rings is 2. The van der Waals surface area contributed by atoms with Gasteiger partial charge in [0, 0.05) is 25.3 Å². The number of aromatic nitrogens is 4. The number of nitrogens with zero attached hydrogens (tertiary/aromatic N) is 4. The lowest BCUT2D eigenvalue weighted by molar-refractivity contribution is 0.0697. The number of aromatic carboxylic acids is 1. The van der Waals surface area contributed by atoms with Gasteiger partial charge < -0.3 is 9.67 Å². The van der Waals surface area contributed by atoms with Crippen LogP contribution in [0.5, 0.6) is 0 Å². The summed E-state index contributed by atoms with van der Waals surface area (Å²) >= 11 is 0. The first-order valence-corrected chi connectivity index (χ1v) is 13.0. The number of carboxylic acids is 1. The second-order valence-electron chi connectivity index (χ2n) is 9.70. The Morgan fingerprint density at radius 1 is 0.868 bits per heavy atom. The Morgan fingerprint density at radius 3 is 2.08 bits per heavy atom. The molecule has 8 heteroatoms. The van der Waals surface area contributed by atoms with Gasteiger partial charge in [-0.15, -0.1) is 10.2 Å². The number of rotatable bonds is 11. The van der Waals surface area contributed by atoms with Gasteiger partial charge in [-0.3, -0.25) is 9.59 Å². The monoisotopic (exact) mass is 512 g/mol. The molecule has 0 saturated heterocycles. The van der Waals surface area contributed by atoms with Gasteiger partial charge >= 0.3 is 5.97 Å². The van der Waals surface area contributed by atoms with E-state index in [4.69, 9.17) is 4.98 Å². The van der Waals surface area contributed by atoms with E-state index in [1.165, 1.54) is 0 Å². The van der Waals surface area contributed by atoms with E-state index in [2.05, 4.69) is 10.2 Å². The summed E-state index contributed by atoms with van der Waals surface area (Å²) in [5, 5.41) is 18.0. The summed E-state index contributed by atoms with van der Waals surface area (Å²) in [4.78, 5) is 42.5. The molecule has 2 heterocycles. The molecule has 8 nitrogen and oxygen atoms in total. The summed E-state index contributed by atoms with van der Waals surface area (Å²) in [5.74, 6) is -0.481. The second kappa shape index (κ2) is 11.5. The Balaban J connectivity index is 1.84. The first-order chi connectivity index (χ1) is 18.3. The van der Waals surface area contributed by atoms with Gasteiger partial charge in [-0.2, -0.15) is 0 Å². The Labute approximate surface area is 221 Å². The number of ketones is 2. The second-order valence-corrected chi connectivity index (χ2v) is 9.70. The van der Waals surface area contributed by atoms with E-state index >= 15 is 0 Å². The molecule has 0 saturated carbocycles. The predicted molar refractivity (Wildman–Crippen MR) is 146 cm³/mol. The molecule has 0 unspecified atom stereocenters.